The van der Waals surface area contributed by atoms with Crippen LogP contribution in [0.15, 0.2) is 29.2 Å². The molecule has 0 spiro atoms. The Kier molecular flexibility index (Phi) is 6.77. The van der Waals surface area contributed by atoms with Crippen molar-refractivity contribution in [3.05, 3.63) is 24.3 Å². The highest BCUT2D eigenvalue weighted by molar-refractivity contribution is 8.01. The summed E-state index contributed by atoms with van der Waals surface area (Å²) in [6.45, 7) is 1.58. The first-order valence-corrected chi connectivity index (χ1v) is 10.5. The molecule has 2 N–H and O–H groups in total. The molecule has 146 valence electrons. The zero-order chi connectivity index (χ0) is 19.2. The summed E-state index contributed by atoms with van der Waals surface area (Å²) in [5, 5.41) is 5.24. The van der Waals surface area contributed by atoms with Crippen LogP contribution in [0.3, 0.4) is 0 Å². The van der Waals surface area contributed by atoms with Crippen molar-refractivity contribution in [1.29, 1.82) is 0 Å². The lowest BCUT2D eigenvalue weighted by Gasteiger charge is -2.24. The number of carbonyl (C=O) groups excluding carboxylic acids is 3. The third-order valence-electron chi connectivity index (χ3n) is 4.94. The van der Waals surface area contributed by atoms with Crippen molar-refractivity contribution in [3.63, 3.8) is 0 Å². The summed E-state index contributed by atoms with van der Waals surface area (Å²) in [5.41, 5.74) is 0.758. The Labute approximate surface area is 163 Å². The topological polar surface area (TPSA) is 84.5 Å². The SMILES string of the molecule is C[C@H](OC(=O)C[C@@H]1Sc2ccccc2NC1=O)C(=O)NC1CCCCCC1. The van der Waals surface area contributed by atoms with Gasteiger partial charge in [0.25, 0.3) is 5.91 Å². The molecule has 0 bridgehead atoms. The summed E-state index contributed by atoms with van der Waals surface area (Å²) in [6.07, 6.45) is 5.69. The molecular formula is C20H26N2O4S. The molecule has 1 aliphatic carbocycles. The number of anilines is 1. The van der Waals surface area contributed by atoms with Crippen LogP contribution in [0.5, 0.6) is 0 Å². The van der Waals surface area contributed by atoms with E-state index in [9.17, 15) is 14.4 Å². The standard InChI is InChI=1S/C20H26N2O4S/c1-13(19(24)21-14-8-4-2-3-5-9-14)26-18(23)12-17-20(25)22-15-10-6-7-11-16(15)27-17/h6-7,10-11,13-14,17H,2-5,8-9,12H2,1H3,(H,21,24)(H,22,25)/t13-,17-/m0/s1. The Hall–Kier alpha value is -2.02. The Morgan fingerprint density at radius 1 is 1.22 bits per heavy atom. The van der Waals surface area contributed by atoms with Crippen molar-refractivity contribution in [2.45, 2.75) is 74.2 Å². The van der Waals surface area contributed by atoms with Crippen LogP contribution in [-0.4, -0.2) is 35.2 Å². The Balaban J connectivity index is 1.48. The van der Waals surface area contributed by atoms with Crippen LogP contribution in [0.2, 0.25) is 0 Å². The number of nitrogens with one attached hydrogen (secondary N) is 2. The van der Waals surface area contributed by atoms with Crippen LogP contribution in [-0.2, 0) is 19.1 Å². The maximum atomic E-state index is 12.3. The van der Waals surface area contributed by atoms with Gasteiger partial charge in [-0.3, -0.25) is 14.4 Å². The lowest BCUT2D eigenvalue weighted by Crippen LogP contribution is -2.42. The van der Waals surface area contributed by atoms with Gasteiger partial charge in [0.1, 0.15) is 0 Å². The van der Waals surface area contributed by atoms with Crippen molar-refractivity contribution >= 4 is 35.2 Å². The van der Waals surface area contributed by atoms with Gasteiger partial charge in [0.2, 0.25) is 5.91 Å². The highest BCUT2D eigenvalue weighted by Crippen LogP contribution is 2.36. The summed E-state index contributed by atoms with van der Waals surface area (Å²) in [5.74, 6) is -1.02. The molecule has 2 aliphatic rings. The molecule has 0 unspecified atom stereocenters. The molecular weight excluding hydrogens is 364 g/mol. The molecule has 1 aromatic carbocycles. The highest BCUT2D eigenvalue weighted by atomic mass is 32.2. The van der Waals surface area contributed by atoms with Gasteiger partial charge < -0.3 is 15.4 Å². The van der Waals surface area contributed by atoms with Gasteiger partial charge in [-0.1, -0.05) is 37.8 Å². The van der Waals surface area contributed by atoms with Gasteiger partial charge in [0.15, 0.2) is 6.10 Å². The average Bonchev–Trinajstić information content (AvgIpc) is 2.91. The molecule has 0 aromatic heterocycles. The molecule has 2 atom stereocenters. The fourth-order valence-corrected chi connectivity index (χ4v) is 4.51. The number of fused-ring (bicyclic) bond motifs is 1. The van der Waals surface area contributed by atoms with Gasteiger partial charge in [0.05, 0.1) is 17.4 Å². The summed E-state index contributed by atoms with van der Waals surface area (Å²) in [7, 11) is 0. The molecule has 3 rings (SSSR count). The molecule has 1 fully saturated rings. The molecule has 0 radical (unpaired) electrons. The van der Waals surface area contributed by atoms with E-state index >= 15 is 0 Å². The molecule has 7 heteroatoms. The van der Waals surface area contributed by atoms with Crippen molar-refractivity contribution in [1.82, 2.24) is 5.32 Å². The average molecular weight is 391 g/mol. The first-order chi connectivity index (χ1) is 13.0. The minimum Gasteiger partial charge on any atom is -0.453 e. The van der Waals surface area contributed by atoms with E-state index < -0.39 is 17.3 Å². The van der Waals surface area contributed by atoms with Crippen molar-refractivity contribution in [2.75, 3.05) is 5.32 Å². The Morgan fingerprint density at radius 3 is 2.67 bits per heavy atom. The fourth-order valence-electron chi connectivity index (χ4n) is 3.42. The number of esters is 1. The van der Waals surface area contributed by atoms with Crippen LogP contribution >= 0.6 is 11.8 Å². The molecule has 6 nitrogen and oxygen atoms in total. The molecule has 1 saturated carbocycles. The van der Waals surface area contributed by atoms with E-state index in [1.807, 2.05) is 24.3 Å². The normalized spacial score (nSPS) is 21.4. The quantitative estimate of drug-likeness (QED) is 0.595. The molecule has 0 saturated heterocycles. The second-order valence-corrected chi connectivity index (χ2v) is 8.37. The maximum Gasteiger partial charge on any atom is 0.308 e. The number of thioether (sulfide) groups is 1. The molecule has 1 aromatic rings. The third kappa shape index (κ3) is 5.48. The monoisotopic (exact) mass is 390 g/mol. The van der Waals surface area contributed by atoms with Crippen LogP contribution < -0.4 is 10.6 Å². The summed E-state index contributed by atoms with van der Waals surface area (Å²) in [6, 6.07) is 7.63. The predicted octanol–water partition coefficient (Wildman–Crippen LogP) is 3.26. The molecule has 1 heterocycles. The van der Waals surface area contributed by atoms with E-state index in [1.165, 1.54) is 24.6 Å². The van der Waals surface area contributed by atoms with Crippen molar-refractivity contribution < 1.29 is 19.1 Å². The zero-order valence-electron chi connectivity index (χ0n) is 15.5. The lowest BCUT2D eigenvalue weighted by molar-refractivity contribution is -0.155. The zero-order valence-corrected chi connectivity index (χ0v) is 16.3. The van der Waals surface area contributed by atoms with Crippen LogP contribution in [0.4, 0.5) is 5.69 Å². The minimum absolute atomic E-state index is 0.0636. The number of hydrogen-bond acceptors (Lipinski definition) is 5. The first-order valence-electron chi connectivity index (χ1n) is 9.59. The van der Waals surface area contributed by atoms with Gasteiger partial charge in [-0.15, -0.1) is 11.8 Å². The summed E-state index contributed by atoms with van der Waals surface area (Å²) in [4.78, 5) is 37.7. The van der Waals surface area contributed by atoms with E-state index in [0.717, 1.165) is 36.3 Å². The summed E-state index contributed by atoms with van der Waals surface area (Å²) < 4.78 is 5.28. The molecule has 27 heavy (non-hydrogen) atoms. The minimum atomic E-state index is -0.857. The summed E-state index contributed by atoms with van der Waals surface area (Å²) >= 11 is 1.35. The van der Waals surface area contributed by atoms with E-state index in [1.54, 1.807) is 6.92 Å². The van der Waals surface area contributed by atoms with Gasteiger partial charge in [0, 0.05) is 10.9 Å². The number of hydrogen-bond donors (Lipinski definition) is 2. The van der Waals surface area contributed by atoms with Crippen molar-refractivity contribution in [2.24, 2.45) is 0 Å². The smallest absolute Gasteiger partial charge is 0.308 e. The van der Waals surface area contributed by atoms with Crippen LogP contribution in [0.25, 0.3) is 0 Å². The number of ether oxygens (including phenoxy) is 1. The van der Waals surface area contributed by atoms with E-state index in [0.29, 0.717) is 0 Å². The Morgan fingerprint density at radius 2 is 1.93 bits per heavy atom. The van der Waals surface area contributed by atoms with Crippen LogP contribution in [0, 0.1) is 0 Å². The van der Waals surface area contributed by atoms with Gasteiger partial charge in [-0.2, -0.15) is 0 Å². The number of benzene rings is 1. The molecule has 1 aliphatic heterocycles. The second-order valence-electron chi connectivity index (χ2n) is 7.13. The van der Waals surface area contributed by atoms with Crippen LogP contribution in [0.1, 0.15) is 51.9 Å². The van der Waals surface area contributed by atoms with E-state index in [2.05, 4.69) is 10.6 Å². The second kappa shape index (κ2) is 9.26. The first kappa shape index (κ1) is 19.7. The van der Waals surface area contributed by atoms with E-state index in [-0.39, 0.29) is 24.3 Å². The van der Waals surface area contributed by atoms with E-state index in [4.69, 9.17) is 4.74 Å². The fraction of sp³-hybridized carbons (Fsp3) is 0.550. The van der Waals surface area contributed by atoms with Crippen molar-refractivity contribution in [3.8, 4) is 0 Å². The third-order valence-corrected chi connectivity index (χ3v) is 6.21. The largest absolute Gasteiger partial charge is 0.453 e. The molecule has 2 amide bonds. The lowest BCUT2D eigenvalue weighted by atomic mass is 10.1. The number of rotatable bonds is 5. The number of amides is 2. The number of para-hydroxylation sites is 1. The van der Waals surface area contributed by atoms with Gasteiger partial charge >= 0.3 is 5.97 Å². The Bertz CT molecular complexity index is 701. The maximum absolute atomic E-state index is 12.3. The predicted molar refractivity (Wildman–Crippen MR) is 105 cm³/mol. The number of carbonyl (C=O) groups is 3. The van der Waals surface area contributed by atoms with Gasteiger partial charge in [-0.05, 0) is 31.9 Å². The highest BCUT2D eigenvalue weighted by Gasteiger charge is 2.30. The van der Waals surface area contributed by atoms with Gasteiger partial charge in [-0.25, -0.2) is 0 Å².